The first-order valence-electron chi connectivity index (χ1n) is 8.57. The maximum absolute atomic E-state index is 10.1. The SMILES string of the molecule is CCC1CCCCC1OCC(O)CNN1CCCCC1. The summed E-state index contributed by atoms with van der Waals surface area (Å²) in [7, 11) is 0. The summed E-state index contributed by atoms with van der Waals surface area (Å²) < 4.78 is 5.98. The fourth-order valence-electron chi connectivity index (χ4n) is 3.44. The van der Waals surface area contributed by atoms with Crippen LogP contribution in [0.5, 0.6) is 0 Å². The molecule has 118 valence electrons. The van der Waals surface area contributed by atoms with E-state index in [1.165, 1.54) is 51.4 Å². The van der Waals surface area contributed by atoms with Gasteiger partial charge in [0.15, 0.2) is 0 Å². The van der Waals surface area contributed by atoms with E-state index >= 15 is 0 Å². The molecule has 2 rings (SSSR count). The molecule has 4 heteroatoms. The molecule has 1 saturated carbocycles. The van der Waals surface area contributed by atoms with Gasteiger partial charge in [-0.1, -0.05) is 32.6 Å². The zero-order valence-electron chi connectivity index (χ0n) is 13.0. The maximum Gasteiger partial charge on any atom is 0.0911 e. The van der Waals surface area contributed by atoms with Crippen LogP contribution in [0.3, 0.4) is 0 Å². The molecule has 0 amide bonds. The quantitative estimate of drug-likeness (QED) is 0.753. The lowest BCUT2D eigenvalue weighted by Crippen LogP contribution is -2.46. The highest BCUT2D eigenvalue weighted by atomic mass is 16.5. The van der Waals surface area contributed by atoms with Gasteiger partial charge >= 0.3 is 0 Å². The van der Waals surface area contributed by atoms with Crippen molar-refractivity contribution in [1.29, 1.82) is 0 Å². The average molecular weight is 284 g/mol. The summed E-state index contributed by atoms with van der Waals surface area (Å²) in [5, 5.41) is 12.3. The summed E-state index contributed by atoms with van der Waals surface area (Å²) in [4.78, 5) is 0. The topological polar surface area (TPSA) is 44.7 Å². The molecular weight excluding hydrogens is 252 g/mol. The summed E-state index contributed by atoms with van der Waals surface area (Å²) in [5.41, 5.74) is 3.34. The molecule has 1 saturated heterocycles. The number of hydrazine groups is 1. The van der Waals surface area contributed by atoms with E-state index in [-0.39, 0.29) is 0 Å². The van der Waals surface area contributed by atoms with Gasteiger partial charge in [0.1, 0.15) is 0 Å². The van der Waals surface area contributed by atoms with Gasteiger partial charge in [0, 0.05) is 19.6 Å². The summed E-state index contributed by atoms with van der Waals surface area (Å²) >= 11 is 0. The van der Waals surface area contributed by atoms with Gasteiger partial charge in [-0.05, 0) is 31.6 Å². The van der Waals surface area contributed by atoms with Crippen molar-refractivity contribution in [3.8, 4) is 0 Å². The van der Waals surface area contributed by atoms with Crippen LogP contribution < -0.4 is 5.43 Å². The number of rotatable bonds is 7. The van der Waals surface area contributed by atoms with Gasteiger partial charge < -0.3 is 9.84 Å². The third-order valence-corrected chi connectivity index (χ3v) is 4.77. The van der Waals surface area contributed by atoms with Crippen molar-refractivity contribution in [2.24, 2.45) is 5.92 Å². The molecule has 1 aliphatic heterocycles. The molecule has 2 fully saturated rings. The van der Waals surface area contributed by atoms with Crippen LogP contribution in [0.4, 0.5) is 0 Å². The second-order valence-electron chi connectivity index (χ2n) is 6.39. The van der Waals surface area contributed by atoms with Gasteiger partial charge in [0.25, 0.3) is 0 Å². The second kappa shape index (κ2) is 8.98. The molecule has 0 radical (unpaired) electrons. The molecule has 3 unspecified atom stereocenters. The van der Waals surface area contributed by atoms with Gasteiger partial charge in [0.05, 0.1) is 18.8 Å². The van der Waals surface area contributed by atoms with Crippen molar-refractivity contribution in [3.05, 3.63) is 0 Å². The Hall–Kier alpha value is -0.160. The second-order valence-corrected chi connectivity index (χ2v) is 6.39. The van der Waals surface area contributed by atoms with Gasteiger partial charge in [0.2, 0.25) is 0 Å². The Balaban J connectivity index is 1.59. The lowest BCUT2D eigenvalue weighted by molar-refractivity contribution is -0.0540. The Bertz CT molecular complexity index is 257. The maximum atomic E-state index is 10.1. The average Bonchev–Trinajstić information content (AvgIpc) is 2.52. The van der Waals surface area contributed by atoms with Crippen molar-refractivity contribution in [1.82, 2.24) is 10.4 Å². The monoisotopic (exact) mass is 284 g/mol. The summed E-state index contributed by atoms with van der Waals surface area (Å²) in [6.07, 6.45) is 10.1. The minimum atomic E-state index is -0.392. The van der Waals surface area contributed by atoms with Gasteiger partial charge in [-0.15, -0.1) is 0 Å². The predicted molar refractivity (Wildman–Crippen MR) is 81.4 cm³/mol. The van der Waals surface area contributed by atoms with E-state index in [0.717, 1.165) is 13.1 Å². The Labute approximate surface area is 123 Å². The molecule has 0 aromatic carbocycles. The van der Waals surface area contributed by atoms with Crippen LogP contribution in [0.15, 0.2) is 0 Å². The third-order valence-electron chi connectivity index (χ3n) is 4.77. The Kier molecular flexibility index (Phi) is 7.28. The number of hydrogen-bond donors (Lipinski definition) is 2. The van der Waals surface area contributed by atoms with E-state index in [2.05, 4.69) is 17.4 Å². The van der Waals surface area contributed by atoms with Crippen LogP contribution in [-0.4, -0.2) is 48.6 Å². The van der Waals surface area contributed by atoms with E-state index in [4.69, 9.17) is 4.74 Å². The Morgan fingerprint density at radius 2 is 1.90 bits per heavy atom. The Morgan fingerprint density at radius 3 is 2.65 bits per heavy atom. The molecule has 2 N–H and O–H groups in total. The summed E-state index contributed by atoms with van der Waals surface area (Å²) in [6, 6.07) is 0. The first-order valence-corrected chi connectivity index (χ1v) is 8.57. The van der Waals surface area contributed by atoms with Crippen molar-refractivity contribution >= 4 is 0 Å². The van der Waals surface area contributed by atoms with E-state index in [1.807, 2.05) is 0 Å². The number of piperidine rings is 1. The van der Waals surface area contributed by atoms with E-state index < -0.39 is 6.10 Å². The third kappa shape index (κ3) is 5.32. The molecule has 4 nitrogen and oxygen atoms in total. The number of aliphatic hydroxyl groups is 1. The smallest absolute Gasteiger partial charge is 0.0911 e. The molecule has 0 spiro atoms. The molecular formula is C16H32N2O2. The fourth-order valence-corrected chi connectivity index (χ4v) is 3.44. The minimum absolute atomic E-state index is 0.374. The van der Waals surface area contributed by atoms with Crippen LogP contribution >= 0.6 is 0 Å². The van der Waals surface area contributed by atoms with Crippen LogP contribution in [0.25, 0.3) is 0 Å². The highest BCUT2D eigenvalue weighted by molar-refractivity contribution is 4.75. The van der Waals surface area contributed by atoms with Gasteiger partial charge in [-0.25, -0.2) is 5.01 Å². The number of aliphatic hydroxyl groups excluding tert-OH is 1. The lowest BCUT2D eigenvalue weighted by Gasteiger charge is -2.32. The van der Waals surface area contributed by atoms with E-state index in [0.29, 0.717) is 25.2 Å². The zero-order valence-corrected chi connectivity index (χ0v) is 13.0. The standard InChI is InChI=1S/C16H32N2O2/c1-2-14-8-4-5-9-16(14)20-13-15(19)12-17-18-10-6-3-7-11-18/h14-17,19H,2-13H2,1H3. The van der Waals surface area contributed by atoms with E-state index in [9.17, 15) is 5.11 Å². The first kappa shape index (κ1) is 16.2. The molecule has 0 aromatic rings. The van der Waals surface area contributed by atoms with Crippen LogP contribution in [0.1, 0.15) is 58.3 Å². The number of ether oxygens (including phenoxy) is 1. The molecule has 2 aliphatic rings. The highest BCUT2D eigenvalue weighted by Gasteiger charge is 2.25. The normalized spacial score (nSPS) is 30.3. The molecule has 0 bridgehead atoms. The number of hydrogen-bond acceptors (Lipinski definition) is 4. The fraction of sp³-hybridized carbons (Fsp3) is 1.00. The molecule has 3 atom stereocenters. The van der Waals surface area contributed by atoms with Gasteiger partial charge in [-0.3, -0.25) is 5.43 Å². The van der Waals surface area contributed by atoms with Crippen LogP contribution in [0, 0.1) is 5.92 Å². The van der Waals surface area contributed by atoms with Crippen molar-refractivity contribution < 1.29 is 9.84 Å². The van der Waals surface area contributed by atoms with Crippen molar-refractivity contribution in [3.63, 3.8) is 0 Å². The first-order chi connectivity index (χ1) is 9.79. The minimum Gasteiger partial charge on any atom is -0.389 e. The zero-order chi connectivity index (χ0) is 14.2. The molecule has 0 aromatic heterocycles. The van der Waals surface area contributed by atoms with Gasteiger partial charge in [-0.2, -0.15) is 0 Å². The lowest BCUT2D eigenvalue weighted by atomic mass is 9.85. The largest absolute Gasteiger partial charge is 0.389 e. The molecule has 1 heterocycles. The van der Waals surface area contributed by atoms with Crippen LogP contribution in [-0.2, 0) is 4.74 Å². The number of nitrogens with one attached hydrogen (secondary N) is 1. The molecule has 20 heavy (non-hydrogen) atoms. The van der Waals surface area contributed by atoms with Crippen molar-refractivity contribution in [2.75, 3.05) is 26.2 Å². The highest BCUT2D eigenvalue weighted by Crippen LogP contribution is 2.29. The number of nitrogens with zero attached hydrogens (tertiary/aromatic N) is 1. The summed E-state index contributed by atoms with van der Waals surface area (Å²) in [5.74, 6) is 0.700. The van der Waals surface area contributed by atoms with Crippen LogP contribution in [0.2, 0.25) is 0 Å². The Morgan fingerprint density at radius 1 is 1.15 bits per heavy atom. The van der Waals surface area contributed by atoms with Crippen molar-refractivity contribution in [2.45, 2.75) is 70.5 Å². The van der Waals surface area contributed by atoms with E-state index in [1.54, 1.807) is 0 Å². The summed E-state index contributed by atoms with van der Waals surface area (Å²) in [6.45, 7) is 5.55. The predicted octanol–water partition coefficient (Wildman–Crippen LogP) is 2.32. The molecule has 1 aliphatic carbocycles.